The first-order chi connectivity index (χ1) is 7.04. The molecule has 0 amide bonds. The number of hydrogen-bond acceptors (Lipinski definition) is 5. The van der Waals surface area contributed by atoms with Crippen molar-refractivity contribution >= 4 is 18.4 Å². The van der Waals surface area contributed by atoms with Crippen molar-refractivity contribution in [2.45, 2.75) is 0 Å². The van der Waals surface area contributed by atoms with E-state index in [4.69, 9.17) is 20.1 Å². The summed E-state index contributed by atoms with van der Waals surface area (Å²) in [5.74, 6) is -2.80. The van der Waals surface area contributed by atoms with Crippen molar-refractivity contribution in [3.63, 3.8) is 0 Å². The van der Waals surface area contributed by atoms with Gasteiger partial charge in [-0.15, -0.1) is 0 Å². The predicted octanol–water partition coefficient (Wildman–Crippen LogP) is -0.426. The third-order valence-electron chi connectivity index (χ3n) is 1.10. The lowest BCUT2D eigenvalue weighted by Gasteiger charge is -1.96. The molecule has 0 unspecified atom stereocenters. The molecule has 15 heavy (non-hydrogen) atoms. The second-order valence-corrected chi connectivity index (χ2v) is 1.97. The maximum atomic E-state index is 10.4. The number of aromatic carboxylic acids is 2. The van der Waals surface area contributed by atoms with Gasteiger partial charge in [-0.3, -0.25) is 4.79 Å². The largest absolute Gasteiger partial charge is 0.483 e. The Hall–Kier alpha value is -2.51. The fourth-order valence-corrected chi connectivity index (χ4v) is 0.651. The first-order valence-electron chi connectivity index (χ1n) is 3.40. The van der Waals surface area contributed by atoms with Gasteiger partial charge in [-0.1, -0.05) is 0 Å². The Labute approximate surface area is 82.8 Å². The SMILES string of the molecule is O=C(O)c1nccnc1C(=O)O.O=CO. The summed E-state index contributed by atoms with van der Waals surface area (Å²) in [6.07, 6.45) is 2.24. The molecule has 0 saturated carbocycles. The summed E-state index contributed by atoms with van der Waals surface area (Å²) < 4.78 is 0. The molecule has 0 aliphatic rings. The zero-order valence-electron chi connectivity index (χ0n) is 7.19. The summed E-state index contributed by atoms with van der Waals surface area (Å²) in [5.41, 5.74) is -1.10. The van der Waals surface area contributed by atoms with Crippen LogP contribution in [0.1, 0.15) is 21.0 Å². The molecule has 8 nitrogen and oxygen atoms in total. The Morgan fingerprint density at radius 2 is 1.33 bits per heavy atom. The van der Waals surface area contributed by atoms with Gasteiger partial charge in [-0.2, -0.15) is 0 Å². The average molecular weight is 214 g/mol. The van der Waals surface area contributed by atoms with Crippen LogP contribution in [0.5, 0.6) is 0 Å². The molecule has 0 aromatic carbocycles. The molecule has 0 aliphatic heterocycles. The fraction of sp³-hybridized carbons (Fsp3) is 0. The van der Waals surface area contributed by atoms with Gasteiger partial charge in [0.1, 0.15) is 0 Å². The van der Waals surface area contributed by atoms with Crippen LogP contribution in [0.25, 0.3) is 0 Å². The Morgan fingerprint density at radius 1 is 1.07 bits per heavy atom. The minimum atomic E-state index is -1.40. The molecule has 1 aromatic heterocycles. The molecule has 0 saturated heterocycles. The highest BCUT2D eigenvalue weighted by Crippen LogP contribution is 2.00. The van der Waals surface area contributed by atoms with E-state index in [-0.39, 0.29) is 6.47 Å². The lowest BCUT2D eigenvalue weighted by molar-refractivity contribution is -0.122. The Kier molecular flexibility index (Phi) is 5.01. The van der Waals surface area contributed by atoms with Gasteiger partial charge in [0.2, 0.25) is 0 Å². The van der Waals surface area contributed by atoms with E-state index in [1.165, 1.54) is 0 Å². The molecular weight excluding hydrogens is 208 g/mol. The molecule has 0 atom stereocenters. The summed E-state index contributed by atoms with van der Waals surface area (Å²) in [4.78, 5) is 35.8. The number of rotatable bonds is 2. The van der Waals surface area contributed by atoms with Gasteiger partial charge >= 0.3 is 11.9 Å². The van der Waals surface area contributed by atoms with E-state index in [0.29, 0.717) is 0 Å². The van der Waals surface area contributed by atoms with Gasteiger partial charge in [0.15, 0.2) is 11.4 Å². The second kappa shape index (κ2) is 6.02. The first-order valence-corrected chi connectivity index (χ1v) is 3.40. The molecule has 0 radical (unpaired) electrons. The van der Waals surface area contributed by atoms with Crippen LogP contribution in [0, 0.1) is 0 Å². The van der Waals surface area contributed by atoms with E-state index in [1.807, 2.05) is 0 Å². The van der Waals surface area contributed by atoms with Crippen LogP contribution in [0.15, 0.2) is 12.4 Å². The molecule has 1 aromatic rings. The summed E-state index contributed by atoms with van der Waals surface area (Å²) in [7, 11) is 0. The highest BCUT2D eigenvalue weighted by atomic mass is 16.4. The Morgan fingerprint density at radius 3 is 1.53 bits per heavy atom. The van der Waals surface area contributed by atoms with Gasteiger partial charge in [-0.25, -0.2) is 19.6 Å². The fourth-order valence-electron chi connectivity index (χ4n) is 0.651. The normalized spacial score (nSPS) is 8.27. The molecule has 1 heterocycles. The van der Waals surface area contributed by atoms with Crippen molar-refractivity contribution in [3.05, 3.63) is 23.8 Å². The molecule has 80 valence electrons. The van der Waals surface area contributed by atoms with E-state index >= 15 is 0 Å². The van der Waals surface area contributed by atoms with Crippen LogP contribution in [-0.2, 0) is 4.79 Å². The zero-order valence-corrected chi connectivity index (χ0v) is 7.19. The van der Waals surface area contributed by atoms with Gasteiger partial charge in [0.25, 0.3) is 6.47 Å². The van der Waals surface area contributed by atoms with Crippen molar-refractivity contribution < 1.29 is 29.7 Å². The molecule has 0 spiro atoms. The van der Waals surface area contributed by atoms with Gasteiger partial charge < -0.3 is 15.3 Å². The number of carboxylic acids is 2. The van der Waals surface area contributed by atoms with E-state index in [9.17, 15) is 9.59 Å². The quantitative estimate of drug-likeness (QED) is 0.564. The highest BCUT2D eigenvalue weighted by Gasteiger charge is 2.17. The maximum Gasteiger partial charge on any atom is 0.357 e. The summed E-state index contributed by atoms with van der Waals surface area (Å²) in [6.45, 7) is -0.250. The molecule has 0 aliphatic carbocycles. The van der Waals surface area contributed by atoms with E-state index in [1.54, 1.807) is 0 Å². The van der Waals surface area contributed by atoms with Crippen molar-refractivity contribution in [1.29, 1.82) is 0 Å². The Bertz CT molecular complexity index is 344. The zero-order chi connectivity index (χ0) is 11.8. The smallest absolute Gasteiger partial charge is 0.357 e. The molecule has 8 heteroatoms. The van der Waals surface area contributed by atoms with Gasteiger partial charge in [0, 0.05) is 12.4 Å². The molecule has 3 N–H and O–H groups in total. The van der Waals surface area contributed by atoms with Crippen LogP contribution in [0.2, 0.25) is 0 Å². The van der Waals surface area contributed by atoms with Crippen molar-refractivity contribution in [2.24, 2.45) is 0 Å². The summed E-state index contributed by atoms with van der Waals surface area (Å²) >= 11 is 0. The van der Waals surface area contributed by atoms with Crippen LogP contribution < -0.4 is 0 Å². The third kappa shape index (κ3) is 3.81. The summed E-state index contributed by atoms with van der Waals surface area (Å²) in [5, 5.41) is 23.8. The topological polar surface area (TPSA) is 138 Å². The minimum Gasteiger partial charge on any atom is -0.483 e. The van der Waals surface area contributed by atoms with Crippen molar-refractivity contribution in [3.8, 4) is 0 Å². The molecule has 1 rings (SSSR count). The monoisotopic (exact) mass is 214 g/mol. The number of hydrogen-bond donors (Lipinski definition) is 3. The third-order valence-corrected chi connectivity index (χ3v) is 1.10. The van der Waals surface area contributed by atoms with Crippen molar-refractivity contribution in [1.82, 2.24) is 9.97 Å². The minimum absolute atomic E-state index is 0.250. The van der Waals surface area contributed by atoms with Crippen LogP contribution in [0.4, 0.5) is 0 Å². The highest BCUT2D eigenvalue weighted by molar-refractivity contribution is 5.98. The van der Waals surface area contributed by atoms with Crippen LogP contribution in [-0.4, -0.2) is 43.7 Å². The second-order valence-electron chi connectivity index (χ2n) is 1.97. The molecule has 0 bridgehead atoms. The van der Waals surface area contributed by atoms with Gasteiger partial charge in [-0.05, 0) is 0 Å². The standard InChI is InChI=1S/C6H4N2O4.CH2O2/c9-5(10)3-4(6(11)12)8-2-1-7-3;2-1-3/h1-2H,(H,9,10)(H,11,12);1H,(H,2,3). The maximum absolute atomic E-state index is 10.4. The van der Waals surface area contributed by atoms with E-state index in [2.05, 4.69) is 9.97 Å². The van der Waals surface area contributed by atoms with E-state index < -0.39 is 23.3 Å². The van der Waals surface area contributed by atoms with Gasteiger partial charge in [0.05, 0.1) is 0 Å². The number of carbonyl (C=O) groups is 3. The van der Waals surface area contributed by atoms with Crippen LogP contribution in [0.3, 0.4) is 0 Å². The van der Waals surface area contributed by atoms with Crippen molar-refractivity contribution in [2.75, 3.05) is 0 Å². The lowest BCUT2D eigenvalue weighted by Crippen LogP contribution is -2.12. The van der Waals surface area contributed by atoms with E-state index in [0.717, 1.165) is 12.4 Å². The number of nitrogens with zero attached hydrogens (tertiary/aromatic N) is 2. The average Bonchev–Trinajstić information content (AvgIpc) is 2.19. The number of carboxylic acid groups (broad SMARTS) is 3. The molecule has 0 fully saturated rings. The number of aromatic nitrogens is 2. The Balaban J connectivity index is 0.000000583. The first kappa shape index (κ1) is 12.5. The lowest BCUT2D eigenvalue weighted by atomic mass is 10.3. The summed E-state index contributed by atoms with van der Waals surface area (Å²) in [6, 6.07) is 0. The van der Waals surface area contributed by atoms with Crippen LogP contribution >= 0.6 is 0 Å². The molecular formula is C7H6N2O6. The predicted molar refractivity (Wildman–Crippen MR) is 44.6 cm³/mol.